The Labute approximate surface area is 137 Å². The molecule has 0 heterocycles. The van der Waals surface area contributed by atoms with Crippen LogP contribution in [0.5, 0.6) is 0 Å². The summed E-state index contributed by atoms with van der Waals surface area (Å²) >= 11 is 1.52. The zero-order valence-corrected chi connectivity index (χ0v) is 19.6. The molecule has 0 bridgehead atoms. The van der Waals surface area contributed by atoms with Crippen LogP contribution in [0, 0.1) is 0 Å². The van der Waals surface area contributed by atoms with Crippen LogP contribution in [0.2, 0.25) is 58.9 Å². The van der Waals surface area contributed by atoms with Crippen molar-refractivity contribution in [3.05, 3.63) is 0 Å². The van der Waals surface area contributed by atoms with Crippen molar-refractivity contribution in [2.24, 2.45) is 0 Å². The molecule has 3 nitrogen and oxygen atoms in total. The van der Waals surface area contributed by atoms with E-state index in [-0.39, 0.29) is 0 Å². The van der Waals surface area contributed by atoms with E-state index >= 15 is 0 Å². The van der Waals surface area contributed by atoms with E-state index < -0.39 is 24.7 Å². The van der Waals surface area contributed by atoms with Gasteiger partial charge in [0.05, 0.1) is 0 Å². The molecule has 20 heavy (non-hydrogen) atoms. The van der Waals surface area contributed by atoms with E-state index in [2.05, 4.69) is 84.8 Å². The van der Waals surface area contributed by atoms with Gasteiger partial charge in [-0.2, -0.15) is 0 Å². The molecular formula is C13H37CoN3Si3. The second-order valence-electron chi connectivity index (χ2n) is 8.70. The predicted molar refractivity (Wildman–Crippen MR) is 97.1 cm³/mol. The summed E-state index contributed by atoms with van der Waals surface area (Å²) in [7, 11) is 0.527. The molecular weight excluding hydrogens is 341 g/mol. The van der Waals surface area contributed by atoms with Crippen molar-refractivity contribution in [3.8, 4) is 0 Å². The van der Waals surface area contributed by atoms with E-state index in [0.717, 1.165) is 6.54 Å². The average Bonchev–Trinajstić information content (AvgIpc) is 2.10. The van der Waals surface area contributed by atoms with Gasteiger partial charge in [-0.05, 0) is 0 Å². The van der Waals surface area contributed by atoms with Crippen LogP contribution >= 0.6 is 0 Å². The van der Waals surface area contributed by atoms with Crippen LogP contribution in [0.25, 0.3) is 0 Å². The average molecular weight is 379 g/mol. The topological polar surface area (TPSA) is 9.72 Å². The molecule has 7 heteroatoms. The van der Waals surface area contributed by atoms with Gasteiger partial charge in [-0.25, -0.2) is 0 Å². The number of hydrogen-bond donors (Lipinski definition) is 0. The molecule has 0 amide bonds. The Hall–Kier alpha value is 1.04. The first kappa shape index (κ1) is 21.0. The van der Waals surface area contributed by atoms with Gasteiger partial charge in [0, 0.05) is 0 Å². The Morgan fingerprint density at radius 3 is 1.30 bits per heavy atom. The summed E-state index contributed by atoms with van der Waals surface area (Å²) in [5, 5.41) is 0. The molecule has 0 aliphatic carbocycles. The van der Waals surface area contributed by atoms with Gasteiger partial charge >= 0.3 is 138 Å². The molecule has 125 valence electrons. The van der Waals surface area contributed by atoms with Gasteiger partial charge < -0.3 is 0 Å². The summed E-state index contributed by atoms with van der Waals surface area (Å²) in [6.45, 7) is 24.7. The van der Waals surface area contributed by atoms with Crippen molar-refractivity contribution in [1.82, 2.24) is 11.8 Å². The van der Waals surface area contributed by atoms with Crippen molar-refractivity contribution < 1.29 is 15.1 Å². The SMILES string of the molecule is CN(C)CC[N]([Co][N]([Si](C)(C)C)[Si](C)(C)C)[Si](C)(C)C. The molecule has 0 spiro atoms. The molecule has 0 saturated heterocycles. The Bertz CT molecular complexity index is 279. The second-order valence-corrected chi connectivity index (χ2v) is 26.0. The van der Waals surface area contributed by atoms with E-state index in [4.69, 9.17) is 0 Å². The first-order chi connectivity index (χ1) is 8.65. The number of likely N-dealkylation sites (N-methyl/N-ethyl adjacent to an activating group) is 1. The van der Waals surface area contributed by atoms with Crippen LogP contribution in [0.3, 0.4) is 0 Å². The van der Waals surface area contributed by atoms with Crippen LogP contribution in [0.4, 0.5) is 0 Å². The summed E-state index contributed by atoms with van der Waals surface area (Å²) in [5.74, 6) is 0. The minimum atomic E-state index is -1.28. The van der Waals surface area contributed by atoms with Crippen molar-refractivity contribution in [3.63, 3.8) is 0 Å². The van der Waals surface area contributed by atoms with E-state index in [1.807, 2.05) is 0 Å². The summed E-state index contributed by atoms with van der Waals surface area (Å²) in [6, 6.07) is 0. The predicted octanol–water partition coefficient (Wildman–Crippen LogP) is 3.57. The van der Waals surface area contributed by atoms with Crippen LogP contribution in [0.1, 0.15) is 0 Å². The van der Waals surface area contributed by atoms with Crippen molar-refractivity contribution in [2.75, 3.05) is 27.2 Å². The molecule has 0 unspecified atom stereocenters. The van der Waals surface area contributed by atoms with Crippen LogP contribution in [0.15, 0.2) is 0 Å². The van der Waals surface area contributed by atoms with Gasteiger partial charge in [0.1, 0.15) is 0 Å². The Morgan fingerprint density at radius 2 is 1.05 bits per heavy atom. The second kappa shape index (κ2) is 7.54. The van der Waals surface area contributed by atoms with Crippen LogP contribution in [-0.4, -0.2) is 63.7 Å². The molecule has 0 saturated carbocycles. The van der Waals surface area contributed by atoms with Gasteiger partial charge in [-0.1, -0.05) is 0 Å². The van der Waals surface area contributed by atoms with Gasteiger partial charge in [-0.15, -0.1) is 0 Å². The molecule has 0 atom stereocenters. The third-order valence-electron chi connectivity index (χ3n) is 2.70. The summed E-state index contributed by atoms with van der Waals surface area (Å²) < 4.78 is 5.64. The normalized spacial score (nSPS) is 14.9. The zero-order valence-electron chi connectivity index (χ0n) is 15.6. The fraction of sp³-hybridized carbons (Fsp3) is 1.00. The van der Waals surface area contributed by atoms with E-state index in [1.165, 1.54) is 21.7 Å². The first-order valence-corrected chi connectivity index (χ1v) is 18.8. The summed E-state index contributed by atoms with van der Waals surface area (Å²) in [5.41, 5.74) is 0. The van der Waals surface area contributed by atoms with E-state index in [0.29, 0.717) is 0 Å². The van der Waals surface area contributed by atoms with Gasteiger partial charge in [-0.3, -0.25) is 0 Å². The van der Waals surface area contributed by atoms with Gasteiger partial charge in [0.15, 0.2) is 0 Å². The fourth-order valence-electron chi connectivity index (χ4n) is 2.04. The molecule has 0 radical (unpaired) electrons. The molecule has 0 aromatic rings. The number of rotatable bonds is 8. The summed E-state index contributed by atoms with van der Waals surface area (Å²) in [4.78, 5) is 2.30. The molecule has 0 aromatic carbocycles. The molecule has 0 N–H and O–H groups in total. The minimum absolute atomic E-state index is 1.15. The van der Waals surface area contributed by atoms with Crippen molar-refractivity contribution >= 4 is 24.7 Å². The fourth-order valence-corrected chi connectivity index (χ4v) is 16.2. The standard InChI is InChI=1S/C7H19N2Si.C6H18NSi2.Co/c1-9(2)7-6-8-10(3,4)5;1-8(2,3)7-9(4,5)6;/h6-7H2,1-5H3;1-6H3;/q2*-1;+2. The van der Waals surface area contributed by atoms with Crippen LogP contribution in [-0.2, 0) is 15.1 Å². The Morgan fingerprint density at radius 1 is 0.650 bits per heavy atom. The van der Waals surface area contributed by atoms with Crippen LogP contribution < -0.4 is 0 Å². The summed E-state index contributed by atoms with van der Waals surface area (Å²) in [6.07, 6.45) is 0. The number of hydrogen-bond acceptors (Lipinski definition) is 3. The molecule has 0 aliphatic rings. The Balaban J connectivity index is 5.10. The third-order valence-corrected chi connectivity index (χ3v) is 18.4. The monoisotopic (exact) mass is 378 g/mol. The maximum atomic E-state index is 2.88. The Kier molecular flexibility index (Phi) is 7.93. The van der Waals surface area contributed by atoms with Crippen molar-refractivity contribution in [1.29, 1.82) is 0 Å². The van der Waals surface area contributed by atoms with E-state index in [1.54, 1.807) is 0 Å². The van der Waals surface area contributed by atoms with E-state index in [9.17, 15) is 0 Å². The quantitative estimate of drug-likeness (QED) is 0.598. The molecule has 0 rings (SSSR count). The molecule has 0 fully saturated rings. The van der Waals surface area contributed by atoms with Gasteiger partial charge in [0.2, 0.25) is 0 Å². The molecule has 0 aromatic heterocycles. The third kappa shape index (κ3) is 7.88. The molecule has 0 aliphatic heterocycles. The van der Waals surface area contributed by atoms with Gasteiger partial charge in [0.25, 0.3) is 0 Å². The first-order valence-electron chi connectivity index (χ1n) is 7.50. The maximum absolute atomic E-state index is 2.88. The number of nitrogens with zero attached hydrogens (tertiary/aromatic N) is 3. The van der Waals surface area contributed by atoms with Crippen molar-refractivity contribution in [2.45, 2.75) is 58.9 Å². The zero-order chi connectivity index (χ0) is 16.4.